The highest BCUT2D eigenvalue weighted by molar-refractivity contribution is 5.42. The lowest BCUT2D eigenvalue weighted by Crippen LogP contribution is -2.15. The molecule has 1 N–H and O–H groups in total. The van der Waals surface area contributed by atoms with Gasteiger partial charge < -0.3 is 10.1 Å². The van der Waals surface area contributed by atoms with Gasteiger partial charge in [0.05, 0.1) is 12.7 Å². The van der Waals surface area contributed by atoms with Gasteiger partial charge in [0.2, 0.25) is 0 Å². The number of hydrogen-bond acceptors (Lipinski definition) is 2. The van der Waals surface area contributed by atoms with Gasteiger partial charge in [-0.2, -0.15) is 0 Å². The molecular formula is C13H18FNO. The van der Waals surface area contributed by atoms with E-state index in [1.54, 1.807) is 6.07 Å². The van der Waals surface area contributed by atoms with Crippen molar-refractivity contribution in [2.24, 2.45) is 0 Å². The highest BCUT2D eigenvalue weighted by Crippen LogP contribution is 2.20. The first-order valence-electron chi connectivity index (χ1n) is 5.95. The number of ether oxygens (including phenoxy) is 1. The molecule has 16 heavy (non-hydrogen) atoms. The third-order valence-electron chi connectivity index (χ3n) is 2.91. The second-order valence-corrected chi connectivity index (χ2v) is 4.21. The molecule has 2 nitrogen and oxygen atoms in total. The van der Waals surface area contributed by atoms with E-state index in [1.807, 2.05) is 6.07 Å². The maximum absolute atomic E-state index is 12.9. The molecule has 1 aromatic rings. The van der Waals surface area contributed by atoms with E-state index in [2.05, 4.69) is 5.32 Å². The van der Waals surface area contributed by atoms with Crippen LogP contribution in [0.25, 0.3) is 0 Å². The fourth-order valence-corrected chi connectivity index (χ4v) is 2.07. The number of halogens is 1. The zero-order valence-electron chi connectivity index (χ0n) is 9.42. The predicted octanol–water partition coefficient (Wildman–Crippen LogP) is 3.20. The van der Waals surface area contributed by atoms with Crippen LogP contribution < -0.4 is 5.32 Å². The van der Waals surface area contributed by atoms with Crippen molar-refractivity contribution in [1.82, 2.24) is 0 Å². The highest BCUT2D eigenvalue weighted by atomic mass is 19.1. The first-order valence-corrected chi connectivity index (χ1v) is 5.95. The van der Waals surface area contributed by atoms with Crippen LogP contribution in [0.4, 0.5) is 10.1 Å². The fraction of sp³-hybridized carbons (Fsp3) is 0.538. The van der Waals surface area contributed by atoms with Gasteiger partial charge in [-0.3, -0.25) is 0 Å². The van der Waals surface area contributed by atoms with Crippen molar-refractivity contribution < 1.29 is 9.13 Å². The second-order valence-electron chi connectivity index (χ2n) is 4.21. The van der Waals surface area contributed by atoms with Gasteiger partial charge in [0.1, 0.15) is 5.82 Å². The molecule has 1 aromatic carbocycles. The number of benzene rings is 1. The topological polar surface area (TPSA) is 21.3 Å². The van der Waals surface area contributed by atoms with Gasteiger partial charge in [-0.25, -0.2) is 4.39 Å². The van der Waals surface area contributed by atoms with Gasteiger partial charge in [0.15, 0.2) is 0 Å². The molecule has 0 heterocycles. The van der Waals surface area contributed by atoms with E-state index in [0.717, 1.165) is 12.2 Å². The summed E-state index contributed by atoms with van der Waals surface area (Å²) in [6.45, 7) is 1.43. The Kier molecular flexibility index (Phi) is 4.17. The second kappa shape index (κ2) is 5.85. The smallest absolute Gasteiger partial charge is 0.125 e. The molecule has 1 aliphatic carbocycles. The zero-order valence-corrected chi connectivity index (χ0v) is 9.42. The maximum atomic E-state index is 12.9. The van der Waals surface area contributed by atoms with Gasteiger partial charge in [-0.1, -0.05) is 18.9 Å². The van der Waals surface area contributed by atoms with Gasteiger partial charge in [-0.15, -0.1) is 0 Å². The van der Waals surface area contributed by atoms with E-state index in [0.29, 0.717) is 12.7 Å². The van der Waals surface area contributed by atoms with E-state index in [-0.39, 0.29) is 5.82 Å². The summed E-state index contributed by atoms with van der Waals surface area (Å²) in [6, 6.07) is 6.50. The predicted molar refractivity (Wildman–Crippen MR) is 63.1 cm³/mol. The van der Waals surface area contributed by atoms with E-state index in [1.165, 1.54) is 37.8 Å². The van der Waals surface area contributed by atoms with Crippen LogP contribution >= 0.6 is 0 Å². The number of hydrogen-bond donors (Lipinski definition) is 1. The van der Waals surface area contributed by atoms with Crippen LogP contribution in [0.2, 0.25) is 0 Å². The Morgan fingerprint density at radius 2 is 2.12 bits per heavy atom. The molecule has 0 radical (unpaired) electrons. The van der Waals surface area contributed by atoms with Crippen molar-refractivity contribution in [1.29, 1.82) is 0 Å². The lowest BCUT2D eigenvalue weighted by atomic mass is 10.3. The van der Waals surface area contributed by atoms with Crippen LogP contribution in [-0.4, -0.2) is 19.3 Å². The summed E-state index contributed by atoms with van der Waals surface area (Å²) in [6.07, 6.45) is 5.43. The Hall–Kier alpha value is -1.09. The molecule has 0 bridgehead atoms. The van der Waals surface area contributed by atoms with Crippen LogP contribution in [0.15, 0.2) is 24.3 Å². The summed E-state index contributed by atoms with van der Waals surface area (Å²) in [5.41, 5.74) is 0.815. The van der Waals surface area contributed by atoms with Crippen molar-refractivity contribution in [2.45, 2.75) is 31.8 Å². The third kappa shape index (κ3) is 3.49. The maximum Gasteiger partial charge on any atom is 0.125 e. The summed E-state index contributed by atoms with van der Waals surface area (Å²) >= 11 is 0. The summed E-state index contributed by atoms with van der Waals surface area (Å²) < 4.78 is 18.5. The molecule has 0 amide bonds. The quantitative estimate of drug-likeness (QED) is 0.774. The van der Waals surface area contributed by atoms with Crippen molar-refractivity contribution in [3.8, 4) is 0 Å². The molecule has 1 fully saturated rings. The molecule has 0 atom stereocenters. The minimum absolute atomic E-state index is 0.207. The molecule has 0 spiro atoms. The molecule has 1 saturated carbocycles. The standard InChI is InChI=1S/C13H18FNO/c14-11-4-3-5-12(10-11)15-8-9-16-13-6-1-2-7-13/h3-5,10,13,15H,1-2,6-9H2. The van der Waals surface area contributed by atoms with Crippen LogP contribution in [-0.2, 0) is 4.74 Å². The number of anilines is 1. The van der Waals surface area contributed by atoms with E-state index >= 15 is 0 Å². The fourth-order valence-electron chi connectivity index (χ4n) is 2.07. The van der Waals surface area contributed by atoms with Crippen molar-refractivity contribution >= 4 is 5.69 Å². The lowest BCUT2D eigenvalue weighted by molar-refractivity contribution is 0.0659. The van der Waals surface area contributed by atoms with E-state index in [9.17, 15) is 4.39 Å². The summed E-state index contributed by atoms with van der Waals surface area (Å²) in [4.78, 5) is 0. The van der Waals surface area contributed by atoms with Crippen LogP contribution in [0.1, 0.15) is 25.7 Å². The molecule has 3 heteroatoms. The summed E-state index contributed by atoms with van der Waals surface area (Å²) in [5.74, 6) is -0.207. The largest absolute Gasteiger partial charge is 0.383 e. The SMILES string of the molecule is Fc1cccc(NCCOC2CCCC2)c1. The molecule has 0 saturated heterocycles. The average Bonchev–Trinajstić information content (AvgIpc) is 2.77. The Balaban J connectivity index is 1.64. The average molecular weight is 223 g/mol. The van der Waals surface area contributed by atoms with Gasteiger partial charge >= 0.3 is 0 Å². The Bertz CT molecular complexity index is 323. The molecule has 0 unspecified atom stereocenters. The molecule has 2 rings (SSSR count). The minimum atomic E-state index is -0.207. The lowest BCUT2D eigenvalue weighted by Gasteiger charge is -2.12. The van der Waals surface area contributed by atoms with Crippen LogP contribution in [0.5, 0.6) is 0 Å². The van der Waals surface area contributed by atoms with E-state index in [4.69, 9.17) is 4.74 Å². The molecule has 0 aromatic heterocycles. The number of rotatable bonds is 5. The number of nitrogens with one attached hydrogen (secondary N) is 1. The van der Waals surface area contributed by atoms with Crippen molar-refractivity contribution in [3.63, 3.8) is 0 Å². The minimum Gasteiger partial charge on any atom is -0.383 e. The zero-order chi connectivity index (χ0) is 11.2. The third-order valence-corrected chi connectivity index (χ3v) is 2.91. The normalized spacial score (nSPS) is 16.6. The molecule has 0 aliphatic heterocycles. The Morgan fingerprint density at radius 3 is 2.88 bits per heavy atom. The summed E-state index contributed by atoms with van der Waals surface area (Å²) in [5, 5.41) is 3.14. The van der Waals surface area contributed by atoms with Crippen molar-refractivity contribution in [3.05, 3.63) is 30.1 Å². The monoisotopic (exact) mass is 223 g/mol. The highest BCUT2D eigenvalue weighted by Gasteiger charge is 2.14. The molecule has 1 aliphatic rings. The van der Waals surface area contributed by atoms with Crippen LogP contribution in [0, 0.1) is 5.82 Å². The first-order chi connectivity index (χ1) is 7.84. The molecular weight excluding hydrogens is 205 g/mol. The van der Waals surface area contributed by atoms with Gasteiger partial charge in [0, 0.05) is 12.2 Å². The summed E-state index contributed by atoms with van der Waals surface area (Å²) in [7, 11) is 0. The van der Waals surface area contributed by atoms with Crippen molar-refractivity contribution in [2.75, 3.05) is 18.5 Å². The first kappa shape index (κ1) is 11.4. The van der Waals surface area contributed by atoms with E-state index < -0.39 is 0 Å². The van der Waals surface area contributed by atoms with Gasteiger partial charge in [-0.05, 0) is 31.0 Å². The van der Waals surface area contributed by atoms with Gasteiger partial charge in [0.25, 0.3) is 0 Å². The van der Waals surface area contributed by atoms with Crippen LogP contribution in [0.3, 0.4) is 0 Å². The molecule has 88 valence electrons. The Morgan fingerprint density at radius 1 is 1.31 bits per heavy atom. The Labute approximate surface area is 95.8 Å².